The summed E-state index contributed by atoms with van der Waals surface area (Å²) in [6, 6.07) is 1.37. The van der Waals surface area contributed by atoms with Gasteiger partial charge in [0, 0.05) is 13.3 Å². The van der Waals surface area contributed by atoms with Gasteiger partial charge in [-0.15, -0.1) is 0 Å². The van der Waals surface area contributed by atoms with Gasteiger partial charge in [-0.25, -0.2) is 4.39 Å². The van der Waals surface area contributed by atoms with Crippen molar-refractivity contribution in [2.75, 3.05) is 7.11 Å². The van der Waals surface area contributed by atoms with E-state index in [0.29, 0.717) is 0 Å². The van der Waals surface area contributed by atoms with Gasteiger partial charge >= 0.3 is 0 Å². The quantitative estimate of drug-likeness (QED) is 0.742. The maximum absolute atomic E-state index is 13.4. The minimum absolute atomic E-state index is 0.0248. The molecule has 1 unspecified atom stereocenters. The highest BCUT2D eigenvalue weighted by Crippen LogP contribution is 2.25. The number of hydrogen-bond acceptors (Lipinski definition) is 3. The summed E-state index contributed by atoms with van der Waals surface area (Å²) in [5, 5.41) is 0. The molecule has 1 heterocycles. The molecule has 0 bridgehead atoms. The van der Waals surface area contributed by atoms with Crippen LogP contribution in [-0.2, 0) is 4.74 Å². The van der Waals surface area contributed by atoms with Gasteiger partial charge in [0.15, 0.2) is 11.6 Å². The highest BCUT2D eigenvalue weighted by atomic mass is 19.1. The highest BCUT2D eigenvalue weighted by molar-refractivity contribution is 6.00. The van der Waals surface area contributed by atoms with Crippen LogP contribution in [0.4, 0.5) is 4.39 Å². The van der Waals surface area contributed by atoms with Crippen LogP contribution in [0.3, 0.4) is 0 Å². The average Bonchev–Trinajstić information content (AvgIpc) is 2.17. The Labute approximate surface area is 94.6 Å². The van der Waals surface area contributed by atoms with E-state index in [-0.39, 0.29) is 16.8 Å². The lowest BCUT2D eigenvalue weighted by Gasteiger charge is -2.28. The third kappa shape index (κ3) is 2.64. The second-order valence-corrected chi connectivity index (χ2v) is 4.70. The molecule has 0 radical (unpaired) electrons. The number of ether oxygens (including phenoxy) is 1. The first kappa shape index (κ1) is 12.8. The van der Waals surface area contributed by atoms with Crippen LogP contribution < -0.4 is 0 Å². The molecule has 0 spiro atoms. The Morgan fingerprint density at radius 1 is 1.50 bits per heavy atom. The van der Waals surface area contributed by atoms with Crippen LogP contribution in [0.1, 0.15) is 31.1 Å². The lowest BCUT2D eigenvalue weighted by atomic mass is 9.84. The van der Waals surface area contributed by atoms with Crippen LogP contribution in [0, 0.1) is 11.2 Å². The molecule has 3 nitrogen and oxygen atoms in total. The largest absolute Gasteiger partial charge is 0.373 e. The summed E-state index contributed by atoms with van der Waals surface area (Å²) in [6.45, 7) is 5.62. The number of carbonyl (C=O) groups excluding carboxylic acids is 1. The van der Waals surface area contributed by atoms with Gasteiger partial charge in [-0.1, -0.05) is 20.8 Å². The second-order valence-electron chi connectivity index (χ2n) is 4.70. The lowest BCUT2D eigenvalue weighted by molar-refractivity contribution is 0.0192. The molecule has 1 rings (SSSR count). The number of Topliss-reactive ketones (excluding diaryl/α,β-unsaturated/α-hetero) is 1. The molecule has 0 saturated carbocycles. The Balaban J connectivity index is 3.06. The van der Waals surface area contributed by atoms with Gasteiger partial charge in [0.2, 0.25) is 0 Å². The summed E-state index contributed by atoms with van der Waals surface area (Å²) < 4.78 is 18.5. The summed E-state index contributed by atoms with van der Waals surface area (Å²) in [5.74, 6) is -0.964. The smallest absolute Gasteiger partial charge is 0.195 e. The van der Waals surface area contributed by atoms with Crippen molar-refractivity contribution in [1.82, 2.24) is 4.98 Å². The van der Waals surface area contributed by atoms with Gasteiger partial charge in [0.1, 0.15) is 6.10 Å². The molecule has 1 atom stereocenters. The van der Waals surface area contributed by atoms with E-state index in [1.807, 2.05) is 20.8 Å². The van der Waals surface area contributed by atoms with Crippen LogP contribution >= 0.6 is 0 Å². The predicted molar refractivity (Wildman–Crippen MR) is 58.8 cm³/mol. The van der Waals surface area contributed by atoms with Gasteiger partial charge in [0.25, 0.3) is 0 Å². The van der Waals surface area contributed by atoms with E-state index in [0.717, 1.165) is 6.20 Å². The summed E-state index contributed by atoms with van der Waals surface area (Å²) in [7, 11) is 1.45. The van der Waals surface area contributed by atoms with Gasteiger partial charge in [-0.2, -0.15) is 0 Å². The fourth-order valence-electron chi connectivity index (χ4n) is 1.57. The number of rotatable bonds is 3. The fourth-order valence-corrected chi connectivity index (χ4v) is 1.57. The number of hydrogen-bond donors (Lipinski definition) is 0. The van der Waals surface area contributed by atoms with Gasteiger partial charge < -0.3 is 4.74 Å². The standard InChI is InChI=1S/C12H16FNO2/c1-12(2,3)11(16-4)10(15)8-5-6-14-7-9(8)13/h5-7,11H,1-4H3. The monoisotopic (exact) mass is 225 g/mol. The lowest BCUT2D eigenvalue weighted by Crippen LogP contribution is -2.36. The van der Waals surface area contributed by atoms with Crippen molar-refractivity contribution in [2.24, 2.45) is 5.41 Å². The molecule has 0 aliphatic carbocycles. The molecule has 0 saturated heterocycles. The molecule has 0 aliphatic rings. The minimum atomic E-state index is -0.663. The molecular weight excluding hydrogens is 209 g/mol. The predicted octanol–water partition coefficient (Wildman–Crippen LogP) is 2.46. The van der Waals surface area contributed by atoms with Crippen molar-refractivity contribution in [3.05, 3.63) is 29.8 Å². The van der Waals surface area contributed by atoms with E-state index in [1.54, 1.807) is 0 Å². The Bertz CT molecular complexity index is 385. The first-order chi connectivity index (χ1) is 7.38. The van der Waals surface area contributed by atoms with Gasteiger partial charge in [0.05, 0.1) is 11.8 Å². The van der Waals surface area contributed by atoms with Crippen LogP contribution in [-0.4, -0.2) is 24.0 Å². The Kier molecular flexibility index (Phi) is 3.75. The van der Waals surface area contributed by atoms with E-state index in [4.69, 9.17) is 4.74 Å². The van der Waals surface area contributed by atoms with E-state index < -0.39 is 11.9 Å². The average molecular weight is 225 g/mol. The third-order valence-electron chi connectivity index (χ3n) is 2.30. The number of pyridine rings is 1. The zero-order valence-electron chi connectivity index (χ0n) is 9.95. The molecule has 16 heavy (non-hydrogen) atoms. The molecule has 1 aromatic heterocycles. The van der Waals surface area contributed by atoms with Crippen molar-refractivity contribution in [2.45, 2.75) is 26.9 Å². The van der Waals surface area contributed by atoms with Crippen molar-refractivity contribution in [3.8, 4) is 0 Å². The van der Waals surface area contributed by atoms with Crippen molar-refractivity contribution >= 4 is 5.78 Å². The molecule has 0 aliphatic heterocycles. The van der Waals surface area contributed by atoms with E-state index in [2.05, 4.69) is 4.98 Å². The first-order valence-electron chi connectivity index (χ1n) is 5.04. The summed E-state index contributed by atoms with van der Waals surface area (Å²) in [5.41, 5.74) is -0.349. The number of halogens is 1. The molecule has 0 fully saturated rings. The SMILES string of the molecule is COC(C(=O)c1ccncc1F)C(C)(C)C. The number of methoxy groups -OCH3 is 1. The first-order valence-corrected chi connectivity index (χ1v) is 5.04. The van der Waals surface area contributed by atoms with Crippen LogP contribution in [0.25, 0.3) is 0 Å². The second kappa shape index (κ2) is 4.70. The molecule has 0 N–H and O–H groups in total. The zero-order valence-corrected chi connectivity index (χ0v) is 9.95. The molecule has 1 aromatic rings. The molecule has 88 valence electrons. The topological polar surface area (TPSA) is 39.2 Å². The number of nitrogens with zero attached hydrogens (tertiary/aromatic N) is 1. The summed E-state index contributed by atoms with van der Waals surface area (Å²) in [6.07, 6.45) is 1.76. The van der Waals surface area contributed by atoms with Crippen molar-refractivity contribution < 1.29 is 13.9 Å². The van der Waals surface area contributed by atoms with Crippen molar-refractivity contribution in [1.29, 1.82) is 0 Å². The van der Waals surface area contributed by atoms with Crippen molar-refractivity contribution in [3.63, 3.8) is 0 Å². The van der Waals surface area contributed by atoms with Gasteiger partial charge in [-0.05, 0) is 11.5 Å². The Morgan fingerprint density at radius 3 is 2.56 bits per heavy atom. The number of ketones is 1. The number of carbonyl (C=O) groups is 1. The van der Waals surface area contributed by atoms with Crippen LogP contribution in [0.5, 0.6) is 0 Å². The molecule has 0 aromatic carbocycles. The Hall–Kier alpha value is -1.29. The molecular formula is C12H16FNO2. The number of aromatic nitrogens is 1. The highest BCUT2D eigenvalue weighted by Gasteiger charge is 2.33. The van der Waals surface area contributed by atoms with E-state index in [9.17, 15) is 9.18 Å². The maximum atomic E-state index is 13.4. The Morgan fingerprint density at radius 2 is 2.12 bits per heavy atom. The molecule has 4 heteroatoms. The summed E-state index contributed by atoms with van der Waals surface area (Å²) in [4.78, 5) is 15.7. The van der Waals surface area contributed by atoms with Crippen LogP contribution in [0.15, 0.2) is 18.5 Å². The maximum Gasteiger partial charge on any atom is 0.195 e. The van der Waals surface area contributed by atoms with E-state index >= 15 is 0 Å². The van der Waals surface area contributed by atoms with Crippen LogP contribution in [0.2, 0.25) is 0 Å². The summed E-state index contributed by atoms with van der Waals surface area (Å²) >= 11 is 0. The fraction of sp³-hybridized carbons (Fsp3) is 0.500. The van der Waals surface area contributed by atoms with E-state index in [1.165, 1.54) is 19.4 Å². The zero-order chi connectivity index (χ0) is 12.3. The molecule has 0 amide bonds. The minimum Gasteiger partial charge on any atom is -0.373 e. The van der Waals surface area contributed by atoms with Gasteiger partial charge in [-0.3, -0.25) is 9.78 Å². The third-order valence-corrected chi connectivity index (χ3v) is 2.30. The normalized spacial score (nSPS) is 13.6.